The maximum absolute atomic E-state index is 5.64. The van der Waals surface area contributed by atoms with Crippen LogP contribution in [-0.2, 0) is 0 Å². The highest BCUT2D eigenvalue weighted by Crippen LogP contribution is 2.23. The maximum Gasteiger partial charge on any atom is 0.180 e. The number of alkyl halides is 3. The van der Waals surface area contributed by atoms with Crippen LogP contribution in [0.4, 0.5) is 23.0 Å². The topological polar surface area (TPSA) is 89.6 Å². The molecule has 0 aliphatic rings. The summed E-state index contributed by atoms with van der Waals surface area (Å²) in [6.45, 7) is 0. The van der Waals surface area contributed by atoms with Gasteiger partial charge in [0.2, 0.25) is 0 Å². The molecule has 2 rings (SSSR count). The zero-order chi connectivity index (χ0) is 15.0. The van der Waals surface area contributed by atoms with Crippen LogP contribution in [-0.4, -0.2) is 9.28 Å². The van der Waals surface area contributed by atoms with E-state index in [9.17, 15) is 0 Å². The van der Waals surface area contributed by atoms with E-state index in [0.29, 0.717) is 11.5 Å². The van der Waals surface area contributed by atoms with Crippen molar-refractivity contribution >= 4 is 70.2 Å². The second kappa shape index (κ2) is 10.5. The summed E-state index contributed by atoms with van der Waals surface area (Å²) >= 11 is 14.4. The number of nitrogens with zero attached hydrogens (tertiary/aromatic N) is 3. The van der Waals surface area contributed by atoms with Gasteiger partial charge in [0.15, 0.2) is 10.1 Å². The molecular weight excluding hydrogens is 356 g/mol. The van der Waals surface area contributed by atoms with Gasteiger partial charge in [-0.15, -0.1) is 17.5 Å². The minimum Gasteiger partial charge on any atom is -0.384 e. The van der Waals surface area contributed by atoms with Crippen LogP contribution >= 0.6 is 47.2 Å². The lowest BCUT2D eigenvalue weighted by Gasteiger charge is -1.98. The molecule has 0 aliphatic carbocycles. The lowest BCUT2D eigenvalue weighted by molar-refractivity contribution is 1.21. The fraction of sp³-hybridized carbons (Fsp3) is 0.0833. The van der Waals surface area contributed by atoms with Gasteiger partial charge < -0.3 is 11.5 Å². The van der Waals surface area contributed by atoms with Crippen LogP contribution in [0.25, 0.3) is 0 Å². The molecule has 0 spiro atoms. The summed E-state index contributed by atoms with van der Waals surface area (Å²) in [6.07, 6.45) is 0. The number of hydrogen-bond donors (Lipinski definition) is 2. The van der Waals surface area contributed by atoms with Crippen LogP contribution in [0.15, 0.2) is 52.7 Å². The molecule has 0 atom stereocenters. The molecule has 1 aromatic carbocycles. The van der Waals surface area contributed by atoms with Crippen molar-refractivity contribution in [1.29, 1.82) is 0 Å². The summed E-state index contributed by atoms with van der Waals surface area (Å²) in [4.78, 5) is 3.89. The van der Waals surface area contributed by atoms with Crippen molar-refractivity contribution in [2.45, 2.75) is 4.30 Å². The molecule has 0 aliphatic heterocycles. The van der Waals surface area contributed by atoms with Crippen molar-refractivity contribution in [3.8, 4) is 0 Å². The van der Waals surface area contributed by atoms with Crippen LogP contribution in [0.5, 0.6) is 0 Å². The molecule has 0 fully saturated rings. The predicted molar refractivity (Wildman–Crippen MR) is 92.3 cm³/mol. The number of pyridine rings is 1. The fourth-order valence-corrected chi connectivity index (χ4v) is 1.17. The molecule has 0 unspecified atom stereocenters. The SMILES string of the molecule is Cl.ClC(Cl)Cl.Nc1ccc(N=Nc2ccccc2)c(N)n1. The van der Waals surface area contributed by atoms with Gasteiger partial charge in [-0.3, -0.25) is 0 Å². The highest BCUT2D eigenvalue weighted by molar-refractivity contribution is 6.63. The zero-order valence-corrected chi connectivity index (χ0v) is 13.7. The Morgan fingerprint density at radius 3 is 2.00 bits per heavy atom. The molecule has 2 aromatic rings. The molecule has 0 bridgehead atoms. The van der Waals surface area contributed by atoms with Gasteiger partial charge in [-0.1, -0.05) is 53.0 Å². The number of halogens is 4. The van der Waals surface area contributed by atoms with E-state index >= 15 is 0 Å². The fourth-order valence-electron chi connectivity index (χ4n) is 1.17. The Labute approximate surface area is 143 Å². The van der Waals surface area contributed by atoms with Crippen molar-refractivity contribution < 1.29 is 0 Å². The van der Waals surface area contributed by atoms with Crippen LogP contribution in [0.2, 0.25) is 0 Å². The number of nitrogens with two attached hydrogens (primary N) is 2. The second-order valence-corrected chi connectivity index (χ2v) is 5.40. The van der Waals surface area contributed by atoms with Crippen molar-refractivity contribution in [2.24, 2.45) is 10.2 Å². The molecule has 5 nitrogen and oxygen atoms in total. The van der Waals surface area contributed by atoms with E-state index < -0.39 is 4.30 Å². The van der Waals surface area contributed by atoms with Gasteiger partial charge in [0, 0.05) is 0 Å². The monoisotopic (exact) mass is 367 g/mol. The van der Waals surface area contributed by atoms with Crippen LogP contribution in [0, 0.1) is 0 Å². The summed E-state index contributed by atoms with van der Waals surface area (Å²) in [5.74, 6) is 0.649. The Kier molecular flexibility index (Phi) is 9.82. The lowest BCUT2D eigenvalue weighted by Crippen LogP contribution is -1.95. The first-order valence-electron chi connectivity index (χ1n) is 5.40. The minimum atomic E-state index is -0.750. The van der Waals surface area contributed by atoms with E-state index in [1.54, 1.807) is 12.1 Å². The quantitative estimate of drug-likeness (QED) is 0.572. The first-order valence-corrected chi connectivity index (χ1v) is 6.71. The first kappa shape index (κ1) is 19.7. The Bertz CT molecular complexity index is 560. The largest absolute Gasteiger partial charge is 0.384 e. The summed E-state index contributed by atoms with van der Waals surface area (Å²) in [5, 5.41) is 8.03. The molecule has 0 amide bonds. The molecule has 21 heavy (non-hydrogen) atoms. The Hall–Kier alpha value is -1.27. The minimum absolute atomic E-state index is 0. The Balaban J connectivity index is 0.000000715. The van der Waals surface area contributed by atoms with Gasteiger partial charge in [-0.25, -0.2) is 4.98 Å². The van der Waals surface area contributed by atoms with E-state index in [0.717, 1.165) is 5.69 Å². The number of nitrogen functional groups attached to an aromatic ring is 2. The zero-order valence-electron chi connectivity index (χ0n) is 10.7. The average Bonchev–Trinajstić information content (AvgIpc) is 2.38. The normalized spacial score (nSPS) is 9.90. The molecule has 0 saturated carbocycles. The van der Waals surface area contributed by atoms with Gasteiger partial charge in [-0.2, -0.15) is 5.11 Å². The van der Waals surface area contributed by atoms with Gasteiger partial charge in [0.05, 0.1) is 5.69 Å². The van der Waals surface area contributed by atoms with Gasteiger partial charge in [-0.05, 0) is 24.3 Å². The molecule has 114 valence electrons. The molecule has 1 aromatic heterocycles. The molecule has 1 heterocycles. The summed E-state index contributed by atoms with van der Waals surface area (Å²) in [6, 6.07) is 12.7. The first-order chi connectivity index (χ1) is 9.49. The number of hydrogen-bond acceptors (Lipinski definition) is 5. The third-order valence-electron chi connectivity index (χ3n) is 1.95. The number of azo groups is 1. The van der Waals surface area contributed by atoms with Gasteiger partial charge in [0.25, 0.3) is 0 Å². The van der Waals surface area contributed by atoms with Crippen molar-refractivity contribution in [1.82, 2.24) is 4.98 Å². The van der Waals surface area contributed by atoms with E-state index in [1.165, 1.54) is 0 Å². The number of rotatable bonds is 2. The van der Waals surface area contributed by atoms with E-state index in [4.69, 9.17) is 46.3 Å². The smallest absolute Gasteiger partial charge is 0.180 e. The van der Waals surface area contributed by atoms with E-state index in [1.807, 2.05) is 30.3 Å². The summed E-state index contributed by atoms with van der Waals surface area (Å²) in [5.41, 5.74) is 12.4. The average molecular weight is 369 g/mol. The highest BCUT2D eigenvalue weighted by atomic mass is 35.6. The molecule has 0 radical (unpaired) electrons. The molecular formula is C12H13Cl4N5. The van der Waals surface area contributed by atoms with Crippen LogP contribution in [0.3, 0.4) is 0 Å². The van der Waals surface area contributed by atoms with Gasteiger partial charge >= 0.3 is 0 Å². The third kappa shape index (κ3) is 8.57. The van der Waals surface area contributed by atoms with Crippen molar-refractivity contribution in [2.75, 3.05) is 11.5 Å². The third-order valence-corrected chi connectivity index (χ3v) is 1.95. The summed E-state index contributed by atoms with van der Waals surface area (Å²) < 4.78 is -0.750. The second-order valence-electron chi connectivity index (χ2n) is 3.42. The number of anilines is 2. The molecule has 9 heteroatoms. The maximum atomic E-state index is 5.64. The highest BCUT2D eigenvalue weighted by Gasteiger charge is 1.98. The Morgan fingerprint density at radius 2 is 1.48 bits per heavy atom. The van der Waals surface area contributed by atoms with Gasteiger partial charge in [0.1, 0.15) is 11.5 Å². The van der Waals surface area contributed by atoms with Crippen molar-refractivity contribution in [3.05, 3.63) is 42.5 Å². The predicted octanol–water partition coefficient (Wildman–Crippen LogP) is 5.07. The molecule has 4 N–H and O–H groups in total. The van der Waals surface area contributed by atoms with Crippen LogP contribution < -0.4 is 11.5 Å². The lowest BCUT2D eigenvalue weighted by atomic mass is 10.3. The number of benzene rings is 1. The van der Waals surface area contributed by atoms with Crippen molar-refractivity contribution in [3.63, 3.8) is 0 Å². The standard InChI is InChI=1S/C11H11N5.CHCl3.ClH/c12-10-7-6-9(11(13)14-10)16-15-8-4-2-1-3-5-8;2-1(3)4;/h1-7H,(H4,12,13,14);1H;1H. The number of aromatic nitrogens is 1. The Morgan fingerprint density at radius 1 is 0.905 bits per heavy atom. The van der Waals surface area contributed by atoms with E-state index in [-0.39, 0.29) is 18.2 Å². The van der Waals surface area contributed by atoms with E-state index in [2.05, 4.69) is 15.2 Å². The summed E-state index contributed by atoms with van der Waals surface area (Å²) in [7, 11) is 0. The molecule has 0 saturated heterocycles. The van der Waals surface area contributed by atoms with Crippen LogP contribution in [0.1, 0.15) is 0 Å².